The molecule has 2 aliphatic heterocycles. The molecule has 0 amide bonds. The van der Waals surface area contributed by atoms with Crippen molar-refractivity contribution in [3.8, 4) is 23.0 Å². The second-order valence-corrected chi connectivity index (χ2v) is 12.7. The normalized spacial score (nSPS) is 21.8. The summed E-state index contributed by atoms with van der Waals surface area (Å²) < 4.78 is 23.0. The molecule has 5 aromatic rings. The van der Waals surface area contributed by atoms with Crippen molar-refractivity contribution in [1.29, 1.82) is 0 Å². The summed E-state index contributed by atoms with van der Waals surface area (Å²) in [5.74, 6) is 1.49. The van der Waals surface area contributed by atoms with Crippen molar-refractivity contribution >= 4 is 27.5 Å². The lowest BCUT2D eigenvalue weighted by Crippen LogP contribution is -2.37. The fraction of sp³-hybridized carbons (Fsp3) is 0.361. The Kier molecular flexibility index (Phi) is 7.02. The number of fused-ring (bicyclic) bond motifs is 4. The molecule has 8 rings (SSSR count). The summed E-state index contributed by atoms with van der Waals surface area (Å²) in [4.78, 5) is 19.0. The predicted molar refractivity (Wildman–Crippen MR) is 170 cm³/mol. The molecule has 8 heteroatoms. The highest BCUT2D eigenvalue weighted by atomic mass is 19.1. The maximum Gasteiger partial charge on any atom is 0.319 e. The zero-order valence-electron chi connectivity index (χ0n) is 24.7. The van der Waals surface area contributed by atoms with Crippen LogP contribution in [-0.2, 0) is 6.54 Å². The molecule has 2 saturated heterocycles. The van der Waals surface area contributed by atoms with Gasteiger partial charge in [-0.3, -0.25) is 9.88 Å². The van der Waals surface area contributed by atoms with Gasteiger partial charge in [0.2, 0.25) is 0 Å². The van der Waals surface area contributed by atoms with Crippen LogP contribution in [0.25, 0.3) is 32.9 Å². The number of hydrogen-bond acceptors (Lipinski definition) is 7. The smallest absolute Gasteiger partial charge is 0.319 e. The van der Waals surface area contributed by atoms with Crippen molar-refractivity contribution in [2.45, 2.75) is 44.7 Å². The quantitative estimate of drug-likeness (QED) is 0.220. The van der Waals surface area contributed by atoms with E-state index >= 15 is 4.39 Å². The number of anilines is 1. The monoisotopic (exact) mass is 589 g/mol. The number of benzene rings is 3. The Bertz CT molecular complexity index is 1820. The second kappa shape index (κ2) is 11.3. The van der Waals surface area contributed by atoms with E-state index in [1.807, 2.05) is 30.3 Å². The molecule has 2 aromatic heterocycles. The lowest BCUT2D eigenvalue weighted by Gasteiger charge is -2.33. The Morgan fingerprint density at radius 3 is 2.55 bits per heavy atom. The third-order valence-corrected chi connectivity index (χ3v) is 9.78. The Balaban J connectivity index is 1.17. The Labute approximate surface area is 256 Å². The average Bonchev–Trinajstić information content (AvgIpc) is 3.64. The van der Waals surface area contributed by atoms with E-state index in [2.05, 4.69) is 44.0 Å². The zero-order valence-corrected chi connectivity index (χ0v) is 24.7. The summed E-state index contributed by atoms with van der Waals surface area (Å²) >= 11 is 0. The molecule has 2 bridgehead atoms. The summed E-state index contributed by atoms with van der Waals surface area (Å²) in [5, 5.41) is 12.7. The van der Waals surface area contributed by atoms with Crippen molar-refractivity contribution in [2.24, 2.45) is 11.8 Å². The van der Waals surface area contributed by atoms with Crippen LogP contribution in [0.15, 0.2) is 72.9 Å². The summed E-state index contributed by atoms with van der Waals surface area (Å²) in [6, 6.07) is 21.8. The third kappa shape index (κ3) is 5.11. The molecule has 1 N–H and O–H groups in total. The highest BCUT2D eigenvalue weighted by Gasteiger charge is 2.35. The van der Waals surface area contributed by atoms with Crippen LogP contribution in [0.2, 0.25) is 0 Å². The van der Waals surface area contributed by atoms with E-state index in [1.165, 1.54) is 24.8 Å². The maximum atomic E-state index is 16.6. The highest BCUT2D eigenvalue weighted by molar-refractivity contribution is 5.99. The largest absolute Gasteiger partial charge is 0.508 e. The van der Waals surface area contributed by atoms with Crippen LogP contribution in [0.3, 0.4) is 0 Å². The lowest BCUT2D eigenvalue weighted by molar-refractivity contribution is 0.160. The number of pyridine rings is 1. The summed E-state index contributed by atoms with van der Waals surface area (Å²) in [6.45, 7) is 4.13. The molecule has 0 spiro atoms. The van der Waals surface area contributed by atoms with Gasteiger partial charge in [-0.05, 0) is 79.0 Å². The first-order chi connectivity index (χ1) is 21.6. The molecule has 224 valence electrons. The number of ether oxygens (including phenoxy) is 1. The number of likely N-dealkylation sites (tertiary alicyclic amines) is 1. The molecule has 1 aliphatic carbocycles. The SMILES string of the molecule is Oc1cc(-c2ncc3c(N4CC5CCC(C5)C4)nc(OC[C@@H]4CCCN4Cc4ccccc4)nc3c2F)c2ccccc2c1. The molecule has 7 nitrogen and oxygen atoms in total. The van der Waals surface area contributed by atoms with E-state index in [-0.39, 0.29) is 29.0 Å². The van der Waals surface area contributed by atoms with Crippen molar-refractivity contribution in [1.82, 2.24) is 19.9 Å². The van der Waals surface area contributed by atoms with Gasteiger partial charge in [0.1, 0.15) is 29.4 Å². The molecular weight excluding hydrogens is 553 g/mol. The number of hydrogen-bond donors (Lipinski definition) is 1. The van der Waals surface area contributed by atoms with Gasteiger partial charge in [0.15, 0.2) is 5.82 Å². The Hall–Kier alpha value is -4.30. The van der Waals surface area contributed by atoms with Gasteiger partial charge in [0.05, 0.1) is 5.39 Å². The van der Waals surface area contributed by atoms with Crippen LogP contribution >= 0.6 is 0 Å². The molecule has 3 aromatic carbocycles. The average molecular weight is 590 g/mol. The first-order valence-electron chi connectivity index (χ1n) is 15.8. The van der Waals surface area contributed by atoms with Crippen molar-refractivity contribution in [2.75, 3.05) is 31.1 Å². The van der Waals surface area contributed by atoms with E-state index in [0.717, 1.165) is 49.8 Å². The molecule has 3 atom stereocenters. The Morgan fingerprint density at radius 2 is 1.70 bits per heavy atom. The van der Waals surface area contributed by atoms with Gasteiger partial charge < -0.3 is 14.7 Å². The van der Waals surface area contributed by atoms with Crippen LogP contribution in [0, 0.1) is 17.7 Å². The van der Waals surface area contributed by atoms with Crippen molar-refractivity contribution in [3.63, 3.8) is 0 Å². The van der Waals surface area contributed by atoms with Crippen LogP contribution < -0.4 is 9.64 Å². The van der Waals surface area contributed by atoms with E-state index in [1.54, 1.807) is 18.3 Å². The van der Waals surface area contributed by atoms with Gasteiger partial charge in [-0.1, -0.05) is 54.6 Å². The number of halogens is 1. The van der Waals surface area contributed by atoms with Crippen LogP contribution in [0.4, 0.5) is 10.2 Å². The number of aromatic nitrogens is 3. The van der Waals surface area contributed by atoms with Gasteiger partial charge in [-0.25, -0.2) is 4.39 Å². The number of nitrogens with zero attached hydrogens (tertiary/aromatic N) is 5. The molecule has 2 unspecified atom stereocenters. The van der Waals surface area contributed by atoms with E-state index in [9.17, 15) is 5.11 Å². The minimum absolute atomic E-state index is 0.0628. The van der Waals surface area contributed by atoms with Gasteiger partial charge >= 0.3 is 6.01 Å². The minimum atomic E-state index is -0.529. The van der Waals surface area contributed by atoms with Gasteiger partial charge in [0, 0.05) is 37.4 Å². The van der Waals surface area contributed by atoms with Gasteiger partial charge in [0.25, 0.3) is 0 Å². The molecule has 44 heavy (non-hydrogen) atoms. The molecular formula is C36H36FN5O2. The lowest BCUT2D eigenvalue weighted by atomic mass is 9.98. The summed E-state index contributed by atoms with van der Waals surface area (Å²) in [6.07, 6.45) is 7.56. The van der Waals surface area contributed by atoms with Crippen LogP contribution in [0.1, 0.15) is 37.7 Å². The highest BCUT2D eigenvalue weighted by Crippen LogP contribution is 2.41. The number of phenolic OH excluding ortho intramolecular Hbond substituents is 1. The van der Waals surface area contributed by atoms with Gasteiger partial charge in [-0.15, -0.1) is 0 Å². The van der Waals surface area contributed by atoms with E-state index in [0.29, 0.717) is 35.2 Å². The molecule has 3 fully saturated rings. The first-order valence-corrected chi connectivity index (χ1v) is 15.8. The third-order valence-electron chi connectivity index (χ3n) is 9.78. The molecule has 1 saturated carbocycles. The predicted octanol–water partition coefficient (Wildman–Crippen LogP) is 6.97. The second-order valence-electron chi connectivity index (χ2n) is 12.7. The number of phenols is 1. The molecule has 0 radical (unpaired) electrons. The number of aromatic hydroxyl groups is 1. The van der Waals surface area contributed by atoms with Gasteiger partial charge in [-0.2, -0.15) is 9.97 Å². The van der Waals surface area contributed by atoms with Crippen molar-refractivity contribution < 1.29 is 14.2 Å². The molecule has 4 heterocycles. The van der Waals surface area contributed by atoms with Crippen LogP contribution in [0.5, 0.6) is 11.8 Å². The van der Waals surface area contributed by atoms with E-state index in [4.69, 9.17) is 9.72 Å². The standard InChI is InChI=1S/C36H36FN5O2/c37-32-33(30-17-28(43)16-26-9-4-5-11-29(26)30)38-18-31-34(32)39-36(40-35(31)42-20-24-12-13-25(15-24)21-42)44-22-27-10-6-14-41(27)19-23-7-2-1-3-8-23/h1-5,7-9,11,16-18,24-25,27,43H,6,10,12-15,19-22H2/t24?,25?,27-/m0/s1. The van der Waals surface area contributed by atoms with Crippen LogP contribution in [-0.4, -0.2) is 57.2 Å². The van der Waals surface area contributed by atoms with E-state index < -0.39 is 5.82 Å². The summed E-state index contributed by atoms with van der Waals surface area (Å²) in [7, 11) is 0. The number of piperidine rings is 1. The zero-order chi connectivity index (χ0) is 29.6. The topological polar surface area (TPSA) is 74.6 Å². The van der Waals surface area contributed by atoms with Crippen molar-refractivity contribution in [3.05, 3.63) is 84.3 Å². The maximum absolute atomic E-state index is 16.6. The Morgan fingerprint density at radius 1 is 0.909 bits per heavy atom. The number of rotatable bonds is 7. The fourth-order valence-electron chi connectivity index (χ4n) is 7.67. The molecule has 3 aliphatic rings. The summed E-state index contributed by atoms with van der Waals surface area (Å²) in [5.41, 5.74) is 2.17. The minimum Gasteiger partial charge on any atom is -0.508 e. The fourth-order valence-corrected chi connectivity index (χ4v) is 7.67. The first kappa shape index (κ1) is 27.3.